The molecule has 0 unspecified atom stereocenters. The average Bonchev–Trinajstić information content (AvgIpc) is 2.91. The van der Waals surface area contributed by atoms with E-state index in [4.69, 9.17) is 0 Å². The first-order valence-electron chi connectivity index (χ1n) is 9.99. The van der Waals surface area contributed by atoms with Gasteiger partial charge < -0.3 is 10.2 Å². The zero-order valence-electron chi connectivity index (χ0n) is 16.1. The fraction of sp³-hybridized carbons (Fsp3) is 0.348. The highest BCUT2D eigenvalue weighted by atomic mass is 15.3. The average molecular weight is 361 g/mol. The summed E-state index contributed by atoms with van der Waals surface area (Å²) >= 11 is 0. The molecular formula is C23H28N4. The van der Waals surface area contributed by atoms with E-state index >= 15 is 0 Å². The van der Waals surface area contributed by atoms with E-state index in [1.54, 1.807) is 0 Å². The molecule has 0 aliphatic carbocycles. The highest BCUT2D eigenvalue weighted by Crippen LogP contribution is 2.23. The molecule has 0 atom stereocenters. The number of anilines is 2. The topological polar surface area (TPSA) is 33.1 Å². The van der Waals surface area contributed by atoms with Crippen LogP contribution in [0.3, 0.4) is 0 Å². The molecule has 140 valence electrons. The largest absolute Gasteiger partial charge is 0.381 e. The number of benzene rings is 2. The third-order valence-electron chi connectivity index (χ3n) is 5.32. The molecule has 4 rings (SSSR count). The van der Waals surface area contributed by atoms with E-state index in [0.29, 0.717) is 0 Å². The first kappa shape index (κ1) is 17.7. The van der Waals surface area contributed by atoms with Gasteiger partial charge in [-0.05, 0) is 50.1 Å². The Hall–Kier alpha value is -2.75. The minimum absolute atomic E-state index is 0.780. The fourth-order valence-electron chi connectivity index (χ4n) is 3.72. The zero-order valence-corrected chi connectivity index (χ0v) is 16.1. The van der Waals surface area contributed by atoms with Gasteiger partial charge in [0.15, 0.2) is 0 Å². The quantitative estimate of drug-likeness (QED) is 0.681. The van der Waals surface area contributed by atoms with Crippen molar-refractivity contribution >= 4 is 11.4 Å². The van der Waals surface area contributed by atoms with E-state index < -0.39 is 0 Å². The molecule has 2 aromatic carbocycles. The van der Waals surface area contributed by atoms with Gasteiger partial charge in [-0.3, -0.25) is 0 Å². The van der Waals surface area contributed by atoms with Crippen LogP contribution in [-0.4, -0.2) is 22.9 Å². The molecule has 1 aliphatic heterocycles. The summed E-state index contributed by atoms with van der Waals surface area (Å²) in [6.45, 7) is 5.20. The smallest absolute Gasteiger partial charge is 0.0647 e. The normalized spacial score (nSPS) is 14.8. The first-order valence-corrected chi connectivity index (χ1v) is 9.99. The van der Waals surface area contributed by atoms with Gasteiger partial charge in [-0.15, -0.1) is 0 Å². The van der Waals surface area contributed by atoms with Crippen LogP contribution in [0.4, 0.5) is 11.4 Å². The SMILES string of the molecule is Cc1nn(-c2ccccc2)cc1CNc1cccc(N2CCCCCC2)c1. The Morgan fingerprint density at radius 3 is 2.41 bits per heavy atom. The minimum Gasteiger partial charge on any atom is -0.381 e. The van der Waals surface area contributed by atoms with Crippen molar-refractivity contribution < 1.29 is 0 Å². The Morgan fingerprint density at radius 1 is 0.889 bits per heavy atom. The maximum atomic E-state index is 4.66. The predicted octanol–water partition coefficient (Wildman–Crippen LogP) is 5.17. The number of nitrogens with zero attached hydrogens (tertiary/aromatic N) is 3. The molecule has 0 amide bonds. The second kappa shape index (κ2) is 8.30. The van der Waals surface area contributed by atoms with Gasteiger partial charge in [0, 0.05) is 42.8 Å². The molecule has 1 fully saturated rings. The second-order valence-corrected chi connectivity index (χ2v) is 7.33. The Balaban J connectivity index is 1.44. The third kappa shape index (κ3) is 4.33. The number of hydrogen-bond acceptors (Lipinski definition) is 3. The van der Waals surface area contributed by atoms with Crippen LogP contribution in [0.2, 0.25) is 0 Å². The van der Waals surface area contributed by atoms with E-state index in [9.17, 15) is 0 Å². The van der Waals surface area contributed by atoms with Gasteiger partial charge >= 0.3 is 0 Å². The van der Waals surface area contributed by atoms with Crippen molar-refractivity contribution in [1.29, 1.82) is 0 Å². The van der Waals surface area contributed by atoms with Gasteiger partial charge in [-0.2, -0.15) is 5.10 Å². The van der Waals surface area contributed by atoms with Crippen LogP contribution in [0.25, 0.3) is 5.69 Å². The molecule has 1 N–H and O–H groups in total. The molecule has 0 bridgehead atoms. The monoisotopic (exact) mass is 360 g/mol. The number of aromatic nitrogens is 2. The molecule has 1 aliphatic rings. The summed E-state index contributed by atoms with van der Waals surface area (Å²) in [7, 11) is 0. The van der Waals surface area contributed by atoms with Crippen molar-refractivity contribution in [1.82, 2.24) is 9.78 Å². The summed E-state index contributed by atoms with van der Waals surface area (Å²) in [6, 6.07) is 19.1. The molecule has 3 aromatic rings. The van der Waals surface area contributed by atoms with Crippen LogP contribution in [0.1, 0.15) is 36.9 Å². The van der Waals surface area contributed by atoms with Crippen molar-refractivity contribution in [2.75, 3.05) is 23.3 Å². The van der Waals surface area contributed by atoms with Crippen LogP contribution in [0.15, 0.2) is 60.8 Å². The second-order valence-electron chi connectivity index (χ2n) is 7.33. The van der Waals surface area contributed by atoms with Crippen molar-refractivity contribution in [3.63, 3.8) is 0 Å². The third-order valence-corrected chi connectivity index (χ3v) is 5.32. The maximum absolute atomic E-state index is 4.66. The van der Waals surface area contributed by atoms with E-state index in [-0.39, 0.29) is 0 Å². The standard InChI is InChI=1S/C23H28N4/c1-19-20(18-27(25-19)22-11-5-4-6-12-22)17-24-21-10-9-13-23(16-21)26-14-7-2-3-8-15-26/h4-6,9-13,16,18,24H,2-3,7-8,14-15,17H2,1H3. The zero-order chi connectivity index (χ0) is 18.5. The van der Waals surface area contributed by atoms with Crippen LogP contribution < -0.4 is 10.2 Å². The molecule has 4 heteroatoms. The van der Waals surface area contributed by atoms with E-state index in [1.807, 2.05) is 22.9 Å². The number of nitrogens with one attached hydrogen (secondary N) is 1. The van der Waals surface area contributed by atoms with E-state index in [2.05, 4.69) is 64.8 Å². The van der Waals surface area contributed by atoms with Gasteiger partial charge in [-0.25, -0.2) is 4.68 Å². The summed E-state index contributed by atoms with van der Waals surface area (Å²) < 4.78 is 1.96. The number of hydrogen-bond donors (Lipinski definition) is 1. The lowest BCUT2D eigenvalue weighted by Crippen LogP contribution is -2.23. The van der Waals surface area contributed by atoms with E-state index in [1.165, 1.54) is 55.7 Å². The Bertz CT molecular complexity index is 861. The summed E-state index contributed by atoms with van der Waals surface area (Å²) in [5, 5.41) is 8.24. The number of para-hydroxylation sites is 1. The van der Waals surface area contributed by atoms with Crippen molar-refractivity contribution in [3.05, 3.63) is 72.1 Å². The lowest BCUT2D eigenvalue weighted by Gasteiger charge is -2.23. The minimum atomic E-state index is 0.780. The molecule has 1 saturated heterocycles. The summed E-state index contributed by atoms with van der Waals surface area (Å²) in [4.78, 5) is 2.52. The summed E-state index contributed by atoms with van der Waals surface area (Å²) in [5.41, 5.74) is 5.88. The summed E-state index contributed by atoms with van der Waals surface area (Å²) in [6.07, 6.45) is 7.44. The molecule has 0 radical (unpaired) electrons. The van der Waals surface area contributed by atoms with Gasteiger partial charge in [0.2, 0.25) is 0 Å². The molecule has 1 aromatic heterocycles. The van der Waals surface area contributed by atoms with Crippen LogP contribution in [0.5, 0.6) is 0 Å². The molecular weight excluding hydrogens is 332 g/mol. The highest BCUT2D eigenvalue weighted by Gasteiger charge is 2.11. The van der Waals surface area contributed by atoms with E-state index in [0.717, 1.165) is 17.9 Å². The van der Waals surface area contributed by atoms with Crippen LogP contribution in [-0.2, 0) is 6.54 Å². The number of aryl methyl sites for hydroxylation is 1. The lowest BCUT2D eigenvalue weighted by molar-refractivity contribution is 0.726. The fourth-order valence-corrected chi connectivity index (χ4v) is 3.72. The predicted molar refractivity (Wildman–Crippen MR) is 113 cm³/mol. The Labute approximate surface area is 161 Å². The molecule has 27 heavy (non-hydrogen) atoms. The molecule has 0 spiro atoms. The van der Waals surface area contributed by atoms with Crippen LogP contribution in [0, 0.1) is 6.92 Å². The van der Waals surface area contributed by atoms with Crippen molar-refractivity contribution in [2.45, 2.75) is 39.2 Å². The van der Waals surface area contributed by atoms with Gasteiger partial charge in [0.25, 0.3) is 0 Å². The van der Waals surface area contributed by atoms with Crippen LogP contribution >= 0.6 is 0 Å². The molecule has 4 nitrogen and oxygen atoms in total. The first-order chi connectivity index (χ1) is 13.3. The lowest BCUT2D eigenvalue weighted by atomic mass is 10.2. The van der Waals surface area contributed by atoms with Gasteiger partial charge in [0.1, 0.15) is 0 Å². The van der Waals surface area contributed by atoms with Gasteiger partial charge in [-0.1, -0.05) is 37.1 Å². The Kier molecular flexibility index (Phi) is 5.42. The molecule has 2 heterocycles. The van der Waals surface area contributed by atoms with Crippen molar-refractivity contribution in [2.24, 2.45) is 0 Å². The summed E-state index contributed by atoms with van der Waals surface area (Å²) in [5.74, 6) is 0. The maximum Gasteiger partial charge on any atom is 0.0647 e. The highest BCUT2D eigenvalue weighted by molar-refractivity contribution is 5.58. The molecule has 0 saturated carbocycles. The number of rotatable bonds is 5. The van der Waals surface area contributed by atoms with Gasteiger partial charge in [0.05, 0.1) is 11.4 Å². The van der Waals surface area contributed by atoms with Crippen molar-refractivity contribution in [3.8, 4) is 5.69 Å². The Morgan fingerprint density at radius 2 is 1.63 bits per heavy atom.